The molecule has 0 spiro atoms. The van der Waals surface area contributed by atoms with Gasteiger partial charge in [-0.2, -0.15) is 35.2 Å². The Morgan fingerprint density at radius 3 is 1.74 bits per heavy atom. The maximum absolute atomic E-state index is 4.22. The fraction of sp³-hybridized carbons (Fsp3) is 0.923. The molecule has 0 saturated heterocycles. The Hall–Kier alpha value is 1.50. The molecule has 3 atom stereocenters. The van der Waals surface area contributed by atoms with E-state index in [1.165, 1.54) is 19.3 Å². The molecule has 0 amide bonds. The van der Waals surface area contributed by atoms with Crippen LogP contribution in [0.25, 0.3) is 16.0 Å². The minimum absolute atomic E-state index is 0. The molecule has 6 heteroatoms. The van der Waals surface area contributed by atoms with Gasteiger partial charge < -0.3 is 23.4 Å². The molecule has 0 aromatic heterocycles. The zero-order valence-corrected chi connectivity index (χ0v) is 17.7. The van der Waals surface area contributed by atoms with E-state index in [9.17, 15) is 0 Å². The zero-order valence-electron chi connectivity index (χ0n) is 13.6. The molecule has 0 aromatic rings. The van der Waals surface area contributed by atoms with Crippen molar-refractivity contribution >= 4 is 23.9 Å². The van der Waals surface area contributed by atoms with Gasteiger partial charge in [0.1, 0.15) is 0 Å². The SMILES string of the molecule is C[N-]C.C[N-]C.C[N-]CP(C)C1CCCC1Br.[CH3-].[Ti+4]. The second-order valence-electron chi connectivity index (χ2n) is 4.12. The van der Waals surface area contributed by atoms with Crippen molar-refractivity contribution in [1.29, 1.82) is 0 Å². The van der Waals surface area contributed by atoms with Crippen LogP contribution in [0.5, 0.6) is 0 Å². The van der Waals surface area contributed by atoms with Crippen LogP contribution >= 0.6 is 23.9 Å². The Kier molecular flexibility index (Phi) is 32.9. The molecule has 1 rings (SSSR count). The maximum atomic E-state index is 4.22. The predicted molar refractivity (Wildman–Crippen MR) is 94.2 cm³/mol. The number of halogens is 1. The largest absolute Gasteiger partial charge is 4.00 e. The second kappa shape index (κ2) is 21.8. The molecular weight excluding hydrogens is 357 g/mol. The first-order valence-corrected chi connectivity index (χ1v) is 8.90. The average Bonchev–Trinajstić information content (AvgIpc) is 2.67. The van der Waals surface area contributed by atoms with Gasteiger partial charge in [-0.05, 0) is 25.2 Å². The summed E-state index contributed by atoms with van der Waals surface area (Å²) in [4.78, 5) is 0.792. The van der Waals surface area contributed by atoms with E-state index in [1.54, 1.807) is 28.2 Å². The maximum Gasteiger partial charge on any atom is 4.00 e. The van der Waals surface area contributed by atoms with Gasteiger partial charge in [-0.3, -0.25) is 0 Å². The van der Waals surface area contributed by atoms with Gasteiger partial charge in [0.25, 0.3) is 0 Å². The third-order valence-corrected chi connectivity index (χ3v) is 6.31. The molecule has 0 radical (unpaired) electrons. The van der Waals surface area contributed by atoms with Crippen LogP contribution in [-0.4, -0.2) is 58.7 Å². The average molecular weight is 388 g/mol. The molecule has 3 nitrogen and oxygen atoms in total. The topological polar surface area (TPSA) is 42.3 Å². The van der Waals surface area contributed by atoms with Crippen LogP contribution in [-0.2, 0) is 21.7 Å². The summed E-state index contributed by atoms with van der Waals surface area (Å²) in [6.45, 7) is 2.38. The molecule has 114 valence electrons. The summed E-state index contributed by atoms with van der Waals surface area (Å²) >= 11 is 3.75. The van der Waals surface area contributed by atoms with Crippen molar-refractivity contribution < 1.29 is 21.7 Å². The molecular formula is C13H31BrN3PTi. The second-order valence-corrected chi connectivity index (χ2v) is 7.76. The van der Waals surface area contributed by atoms with Crippen LogP contribution in [0.2, 0.25) is 0 Å². The first kappa shape index (κ1) is 28.6. The van der Waals surface area contributed by atoms with E-state index in [0.717, 1.165) is 16.8 Å². The van der Waals surface area contributed by atoms with E-state index in [2.05, 4.69) is 38.5 Å². The van der Waals surface area contributed by atoms with Crippen LogP contribution in [0.3, 0.4) is 0 Å². The summed E-state index contributed by atoms with van der Waals surface area (Å²) in [6, 6.07) is 0. The van der Waals surface area contributed by atoms with Crippen molar-refractivity contribution in [2.75, 3.05) is 48.2 Å². The number of nitrogens with zero attached hydrogens (tertiary/aromatic N) is 3. The summed E-state index contributed by atoms with van der Waals surface area (Å²) in [5, 5.41) is 11.2. The van der Waals surface area contributed by atoms with Crippen molar-refractivity contribution in [2.24, 2.45) is 0 Å². The fourth-order valence-corrected chi connectivity index (χ4v) is 5.50. The standard InChI is InChI=1S/C8H16BrNP.2C2H6N.CH3.Ti/c1-10-6-11(2)8-5-3-4-7(8)9;2*1-3-2;;/h7-8H,3-6H2,1-2H3;2*1-2H3;1H3;/q4*-1;+4. The Balaban J connectivity index is -0.000000122. The van der Waals surface area contributed by atoms with E-state index >= 15 is 0 Å². The van der Waals surface area contributed by atoms with Crippen LogP contribution in [0, 0.1) is 7.43 Å². The molecule has 3 unspecified atom stereocenters. The normalized spacial score (nSPS) is 21.6. The van der Waals surface area contributed by atoms with Crippen LogP contribution in [0.4, 0.5) is 0 Å². The van der Waals surface area contributed by atoms with Gasteiger partial charge in [0.15, 0.2) is 0 Å². The zero-order chi connectivity index (χ0) is 13.7. The number of hydrogen-bond acceptors (Lipinski definition) is 0. The quantitative estimate of drug-likeness (QED) is 0.281. The summed E-state index contributed by atoms with van der Waals surface area (Å²) in [7, 11) is 9.09. The third kappa shape index (κ3) is 17.5. The van der Waals surface area contributed by atoms with Gasteiger partial charge in [-0.25, -0.2) is 0 Å². The molecule has 0 bridgehead atoms. The van der Waals surface area contributed by atoms with Crippen molar-refractivity contribution in [2.45, 2.75) is 29.7 Å². The molecule has 0 aromatic carbocycles. The van der Waals surface area contributed by atoms with Gasteiger partial charge in [0.05, 0.1) is 0 Å². The van der Waals surface area contributed by atoms with Gasteiger partial charge in [-0.15, -0.1) is 14.2 Å². The summed E-state index contributed by atoms with van der Waals surface area (Å²) in [5.74, 6) is 0. The van der Waals surface area contributed by atoms with Crippen LogP contribution in [0.1, 0.15) is 19.3 Å². The van der Waals surface area contributed by atoms with E-state index in [0.29, 0.717) is 0 Å². The summed E-state index contributed by atoms with van der Waals surface area (Å²) in [5.41, 5.74) is 0.939. The van der Waals surface area contributed by atoms with E-state index in [-0.39, 0.29) is 37.1 Å². The Labute approximate surface area is 146 Å². The Bertz CT molecular complexity index is 154. The smallest absolute Gasteiger partial charge is 0.668 e. The number of alkyl halides is 1. The minimum Gasteiger partial charge on any atom is -0.668 e. The molecule has 1 aliphatic rings. The third-order valence-electron chi connectivity index (χ3n) is 2.33. The van der Waals surface area contributed by atoms with Crippen LogP contribution < -0.4 is 0 Å². The molecule has 19 heavy (non-hydrogen) atoms. The van der Waals surface area contributed by atoms with Gasteiger partial charge in [0.2, 0.25) is 0 Å². The minimum atomic E-state index is 0. The first-order chi connectivity index (χ1) is 8.08. The molecule has 1 fully saturated rings. The number of rotatable bonds is 3. The predicted octanol–water partition coefficient (Wildman–Crippen LogP) is 5.06. The van der Waals surface area contributed by atoms with Gasteiger partial charge in [0, 0.05) is 4.83 Å². The molecule has 0 heterocycles. The molecule has 0 aliphatic heterocycles. The summed E-state index contributed by atoms with van der Waals surface area (Å²) < 4.78 is 0. The van der Waals surface area contributed by atoms with Crippen molar-refractivity contribution in [1.82, 2.24) is 0 Å². The number of hydrogen-bond donors (Lipinski definition) is 0. The van der Waals surface area contributed by atoms with Crippen molar-refractivity contribution in [3.05, 3.63) is 23.4 Å². The van der Waals surface area contributed by atoms with Gasteiger partial charge >= 0.3 is 21.7 Å². The summed E-state index contributed by atoms with van der Waals surface area (Å²) in [6.07, 6.45) is 5.31. The van der Waals surface area contributed by atoms with Crippen LogP contribution in [0.15, 0.2) is 0 Å². The monoisotopic (exact) mass is 387 g/mol. The Morgan fingerprint density at radius 1 is 1.05 bits per heavy atom. The molecule has 1 aliphatic carbocycles. The van der Waals surface area contributed by atoms with Crippen molar-refractivity contribution in [3.8, 4) is 0 Å². The fourth-order valence-electron chi connectivity index (χ4n) is 1.72. The Morgan fingerprint density at radius 2 is 1.47 bits per heavy atom. The molecule has 0 N–H and O–H groups in total. The first-order valence-electron chi connectivity index (χ1n) is 5.94. The van der Waals surface area contributed by atoms with E-state index in [1.807, 2.05) is 7.05 Å². The van der Waals surface area contributed by atoms with E-state index < -0.39 is 0 Å². The molecule has 1 saturated carbocycles. The van der Waals surface area contributed by atoms with E-state index in [4.69, 9.17) is 0 Å². The van der Waals surface area contributed by atoms with Gasteiger partial charge in [-0.1, -0.05) is 22.4 Å². The van der Waals surface area contributed by atoms with Crippen molar-refractivity contribution in [3.63, 3.8) is 0 Å².